The van der Waals surface area contributed by atoms with Crippen molar-refractivity contribution in [3.05, 3.63) is 59.7 Å². The molecule has 5 heteroatoms. The van der Waals surface area contributed by atoms with Gasteiger partial charge in [-0.25, -0.2) is 0 Å². The molecule has 144 valence electrons. The van der Waals surface area contributed by atoms with Crippen molar-refractivity contribution in [1.82, 2.24) is 5.32 Å². The minimum Gasteiger partial charge on any atom is -0.349 e. The maximum atomic E-state index is 12.6. The number of benzene rings is 2. The second-order valence-corrected chi connectivity index (χ2v) is 8.24. The van der Waals surface area contributed by atoms with Crippen LogP contribution in [0.2, 0.25) is 0 Å². The van der Waals surface area contributed by atoms with Crippen LogP contribution < -0.4 is 10.6 Å². The molecule has 0 aliphatic heterocycles. The second-order valence-electron chi connectivity index (χ2n) is 6.73. The second kappa shape index (κ2) is 10.2. The minimum absolute atomic E-state index is 0.122. The van der Waals surface area contributed by atoms with Crippen LogP contribution in [0.4, 0.5) is 5.69 Å². The molecule has 0 aliphatic rings. The molecule has 0 radical (unpaired) electrons. The average molecular weight is 385 g/mol. The maximum Gasteiger partial charge on any atom is 0.226 e. The maximum absolute atomic E-state index is 12.6. The normalized spacial score (nSPS) is 12.9. The molecule has 4 nitrogen and oxygen atoms in total. The fraction of sp³-hybridized carbons (Fsp3) is 0.364. The Hall–Kier alpha value is -2.27. The molecule has 2 rings (SSSR count). The van der Waals surface area contributed by atoms with Crippen molar-refractivity contribution in [1.29, 1.82) is 0 Å². The van der Waals surface area contributed by atoms with E-state index in [2.05, 4.69) is 30.5 Å². The topological polar surface area (TPSA) is 58.2 Å². The lowest BCUT2D eigenvalue weighted by molar-refractivity contribution is -0.120. The van der Waals surface area contributed by atoms with Gasteiger partial charge in [0.2, 0.25) is 11.8 Å². The fourth-order valence-electron chi connectivity index (χ4n) is 2.73. The van der Waals surface area contributed by atoms with Gasteiger partial charge in [0, 0.05) is 22.8 Å². The first kappa shape index (κ1) is 21.0. The van der Waals surface area contributed by atoms with E-state index in [1.54, 1.807) is 0 Å². The predicted octanol–water partition coefficient (Wildman–Crippen LogP) is 5.09. The molecule has 2 amide bonds. The van der Waals surface area contributed by atoms with Crippen molar-refractivity contribution >= 4 is 29.3 Å². The van der Waals surface area contributed by atoms with Crippen molar-refractivity contribution in [2.75, 3.05) is 5.32 Å². The van der Waals surface area contributed by atoms with Crippen LogP contribution in [0.1, 0.15) is 50.8 Å². The summed E-state index contributed by atoms with van der Waals surface area (Å²) in [7, 11) is 0. The summed E-state index contributed by atoms with van der Waals surface area (Å²) in [6.07, 6.45) is 1.30. The average Bonchev–Trinajstić information content (AvgIpc) is 2.63. The predicted molar refractivity (Wildman–Crippen MR) is 113 cm³/mol. The van der Waals surface area contributed by atoms with Gasteiger partial charge in [-0.05, 0) is 42.7 Å². The van der Waals surface area contributed by atoms with Crippen LogP contribution in [0.5, 0.6) is 0 Å². The molecule has 2 aromatic rings. The number of amides is 2. The van der Waals surface area contributed by atoms with Gasteiger partial charge < -0.3 is 10.6 Å². The van der Waals surface area contributed by atoms with E-state index in [1.807, 2.05) is 61.2 Å². The molecule has 2 N–H and O–H groups in total. The Balaban J connectivity index is 2.05. The Bertz CT molecular complexity index is 777. The molecule has 2 unspecified atom stereocenters. The third kappa shape index (κ3) is 6.75. The standard InChI is InChI=1S/C22H28N2O2S/c1-5-16(3)27-19-11-12-20(15(2)13-19)24-22(26)14-21(23-17(4)25)18-9-7-6-8-10-18/h6-13,16,21H,5,14H2,1-4H3,(H,23,25)(H,24,26). The number of carbonyl (C=O) groups is 2. The van der Waals surface area contributed by atoms with Crippen molar-refractivity contribution in [3.8, 4) is 0 Å². The molecule has 2 aromatic carbocycles. The third-order valence-electron chi connectivity index (χ3n) is 4.35. The lowest BCUT2D eigenvalue weighted by Gasteiger charge is -2.19. The molecule has 0 saturated carbocycles. The number of anilines is 1. The molecule has 0 heterocycles. The summed E-state index contributed by atoms with van der Waals surface area (Å²) < 4.78 is 0. The summed E-state index contributed by atoms with van der Waals surface area (Å²) in [5.41, 5.74) is 2.76. The van der Waals surface area contributed by atoms with E-state index < -0.39 is 0 Å². The van der Waals surface area contributed by atoms with E-state index in [1.165, 1.54) is 11.8 Å². The lowest BCUT2D eigenvalue weighted by Crippen LogP contribution is -2.29. The Morgan fingerprint density at radius 1 is 1.11 bits per heavy atom. The van der Waals surface area contributed by atoms with E-state index >= 15 is 0 Å². The lowest BCUT2D eigenvalue weighted by atomic mass is 10.0. The van der Waals surface area contributed by atoms with E-state index in [0.717, 1.165) is 23.2 Å². The zero-order valence-corrected chi connectivity index (χ0v) is 17.2. The zero-order chi connectivity index (χ0) is 19.8. The number of nitrogens with one attached hydrogen (secondary N) is 2. The minimum atomic E-state index is -0.343. The quantitative estimate of drug-likeness (QED) is 0.623. The molecule has 0 aliphatic carbocycles. The van der Waals surface area contributed by atoms with Gasteiger partial charge in [-0.2, -0.15) is 0 Å². The molecule has 0 fully saturated rings. The summed E-state index contributed by atoms with van der Waals surface area (Å²) >= 11 is 1.84. The first-order valence-electron chi connectivity index (χ1n) is 9.28. The molecule has 2 atom stereocenters. The van der Waals surface area contributed by atoms with Crippen molar-refractivity contribution in [2.24, 2.45) is 0 Å². The number of hydrogen-bond acceptors (Lipinski definition) is 3. The highest BCUT2D eigenvalue weighted by Crippen LogP contribution is 2.28. The number of aryl methyl sites for hydroxylation is 1. The highest BCUT2D eigenvalue weighted by atomic mass is 32.2. The van der Waals surface area contributed by atoms with Crippen molar-refractivity contribution < 1.29 is 9.59 Å². The number of thioether (sulfide) groups is 1. The van der Waals surface area contributed by atoms with Crippen LogP contribution in [0.3, 0.4) is 0 Å². The van der Waals surface area contributed by atoms with Gasteiger partial charge in [0.15, 0.2) is 0 Å². The third-order valence-corrected chi connectivity index (χ3v) is 5.61. The summed E-state index contributed by atoms with van der Waals surface area (Å²) in [6, 6.07) is 15.3. The molecule has 0 aromatic heterocycles. The largest absolute Gasteiger partial charge is 0.349 e. The van der Waals surface area contributed by atoms with Gasteiger partial charge in [0.25, 0.3) is 0 Å². The number of carbonyl (C=O) groups excluding carboxylic acids is 2. The van der Waals surface area contributed by atoms with Crippen molar-refractivity contribution in [2.45, 2.75) is 56.7 Å². The summed E-state index contributed by atoms with van der Waals surface area (Å²) in [6.45, 7) is 7.85. The van der Waals surface area contributed by atoms with Gasteiger partial charge in [-0.3, -0.25) is 9.59 Å². The van der Waals surface area contributed by atoms with Crippen LogP contribution in [0.15, 0.2) is 53.4 Å². The van der Waals surface area contributed by atoms with Crippen LogP contribution in [-0.4, -0.2) is 17.1 Å². The van der Waals surface area contributed by atoms with Gasteiger partial charge in [-0.1, -0.05) is 44.2 Å². The highest BCUT2D eigenvalue weighted by molar-refractivity contribution is 7.99. The van der Waals surface area contributed by atoms with Gasteiger partial charge in [-0.15, -0.1) is 11.8 Å². The van der Waals surface area contributed by atoms with Gasteiger partial charge in [0.05, 0.1) is 12.5 Å². The number of hydrogen-bond donors (Lipinski definition) is 2. The molecular weight excluding hydrogens is 356 g/mol. The zero-order valence-electron chi connectivity index (χ0n) is 16.4. The summed E-state index contributed by atoms with van der Waals surface area (Å²) in [4.78, 5) is 25.3. The van der Waals surface area contributed by atoms with Crippen LogP contribution >= 0.6 is 11.8 Å². The fourth-order valence-corrected chi connectivity index (χ4v) is 3.76. The SMILES string of the molecule is CCC(C)Sc1ccc(NC(=O)CC(NC(C)=O)c2ccccc2)c(C)c1. The summed E-state index contributed by atoms with van der Waals surface area (Å²) in [5, 5.41) is 6.40. The molecule has 0 spiro atoms. The smallest absolute Gasteiger partial charge is 0.226 e. The van der Waals surface area contributed by atoms with E-state index in [-0.39, 0.29) is 24.3 Å². The van der Waals surface area contributed by atoms with E-state index in [0.29, 0.717) is 5.25 Å². The van der Waals surface area contributed by atoms with Crippen LogP contribution in [-0.2, 0) is 9.59 Å². The Kier molecular flexibility index (Phi) is 7.92. The Labute approximate surface area is 166 Å². The molecular formula is C22H28N2O2S. The molecule has 27 heavy (non-hydrogen) atoms. The van der Waals surface area contributed by atoms with Crippen molar-refractivity contribution in [3.63, 3.8) is 0 Å². The monoisotopic (exact) mass is 384 g/mol. The Morgan fingerprint density at radius 3 is 2.41 bits per heavy atom. The van der Waals surface area contributed by atoms with E-state index in [9.17, 15) is 9.59 Å². The van der Waals surface area contributed by atoms with Crippen LogP contribution in [0.25, 0.3) is 0 Å². The first-order valence-corrected chi connectivity index (χ1v) is 10.2. The van der Waals surface area contributed by atoms with Gasteiger partial charge >= 0.3 is 0 Å². The van der Waals surface area contributed by atoms with Gasteiger partial charge in [0.1, 0.15) is 0 Å². The highest BCUT2D eigenvalue weighted by Gasteiger charge is 2.17. The molecule has 0 saturated heterocycles. The first-order chi connectivity index (χ1) is 12.9. The van der Waals surface area contributed by atoms with E-state index in [4.69, 9.17) is 0 Å². The van der Waals surface area contributed by atoms with Crippen LogP contribution in [0, 0.1) is 6.92 Å². The summed E-state index contributed by atoms with van der Waals surface area (Å²) in [5.74, 6) is -0.276. The molecule has 0 bridgehead atoms. The number of rotatable bonds is 8. The Morgan fingerprint density at radius 2 is 1.81 bits per heavy atom.